The zero-order valence-corrected chi connectivity index (χ0v) is 16.3. The topological polar surface area (TPSA) is 89.3 Å². The zero-order chi connectivity index (χ0) is 20.9. The van der Waals surface area contributed by atoms with Crippen LogP contribution in [0.3, 0.4) is 0 Å². The molecule has 0 bridgehead atoms. The SMILES string of the molecule is COc1cccc(-c2cn(-c3ccccc3)c(NC(=O)c3ccc(CO)cn3)n2)c1. The first-order valence-corrected chi connectivity index (χ1v) is 9.34. The minimum Gasteiger partial charge on any atom is -0.497 e. The van der Waals surface area contributed by atoms with Gasteiger partial charge >= 0.3 is 0 Å². The molecule has 1 amide bonds. The number of pyridine rings is 1. The zero-order valence-electron chi connectivity index (χ0n) is 16.3. The highest BCUT2D eigenvalue weighted by atomic mass is 16.5. The molecule has 150 valence electrons. The van der Waals surface area contributed by atoms with E-state index in [2.05, 4.69) is 15.3 Å². The summed E-state index contributed by atoms with van der Waals surface area (Å²) in [5.74, 6) is 0.706. The summed E-state index contributed by atoms with van der Waals surface area (Å²) < 4.78 is 7.12. The van der Waals surface area contributed by atoms with Crippen LogP contribution in [0.5, 0.6) is 5.75 Å². The average molecular weight is 400 g/mol. The summed E-state index contributed by atoms with van der Waals surface area (Å²) in [6.07, 6.45) is 3.34. The molecule has 7 nitrogen and oxygen atoms in total. The maximum absolute atomic E-state index is 12.7. The summed E-state index contributed by atoms with van der Waals surface area (Å²) in [5, 5.41) is 12.0. The normalized spacial score (nSPS) is 10.6. The molecule has 0 aliphatic rings. The molecule has 0 spiro atoms. The van der Waals surface area contributed by atoms with E-state index in [4.69, 9.17) is 9.84 Å². The Morgan fingerprint density at radius 2 is 1.93 bits per heavy atom. The predicted molar refractivity (Wildman–Crippen MR) is 114 cm³/mol. The van der Waals surface area contributed by atoms with E-state index in [1.54, 1.807) is 19.2 Å². The third-order valence-electron chi connectivity index (χ3n) is 4.57. The first kappa shape index (κ1) is 19.4. The van der Waals surface area contributed by atoms with Crippen molar-refractivity contribution in [2.45, 2.75) is 6.61 Å². The van der Waals surface area contributed by atoms with E-state index >= 15 is 0 Å². The van der Waals surface area contributed by atoms with Gasteiger partial charge in [0.05, 0.1) is 19.4 Å². The second-order valence-electron chi connectivity index (χ2n) is 6.55. The fourth-order valence-corrected chi connectivity index (χ4v) is 2.99. The van der Waals surface area contributed by atoms with E-state index in [0.717, 1.165) is 17.0 Å². The van der Waals surface area contributed by atoms with Crippen molar-refractivity contribution in [3.63, 3.8) is 0 Å². The van der Waals surface area contributed by atoms with E-state index in [1.165, 1.54) is 6.20 Å². The summed E-state index contributed by atoms with van der Waals surface area (Å²) >= 11 is 0. The molecule has 2 N–H and O–H groups in total. The lowest BCUT2D eigenvalue weighted by atomic mass is 10.1. The Hall–Kier alpha value is -3.97. The number of nitrogens with one attached hydrogen (secondary N) is 1. The van der Waals surface area contributed by atoms with Crippen LogP contribution in [-0.4, -0.2) is 32.7 Å². The van der Waals surface area contributed by atoms with Crippen LogP contribution in [-0.2, 0) is 6.61 Å². The Balaban J connectivity index is 1.71. The van der Waals surface area contributed by atoms with Gasteiger partial charge in [0.15, 0.2) is 0 Å². The highest BCUT2D eigenvalue weighted by Crippen LogP contribution is 2.27. The molecule has 4 rings (SSSR count). The van der Waals surface area contributed by atoms with Gasteiger partial charge in [-0.2, -0.15) is 0 Å². The number of ether oxygens (including phenoxy) is 1. The minimum atomic E-state index is -0.389. The second-order valence-corrected chi connectivity index (χ2v) is 6.55. The molecule has 0 atom stereocenters. The number of benzene rings is 2. The Morgan fingerprint density at radius 3 is 2.63 bits per heavy atom. The molecule has 2 aromatic carbocycles. The Kier molecular flexibility index (Phi) is 5.54. The molecule has 0 radical (unpaired) electrons. The second kappa shape index (κ2) is 8.59. The minimum absolute atomic E-state index is 0.128. The van der Waals surface area contributed by atoms with Gasteiger partial charge < -0.3 is 9.84 Å². The Bertz CT molecular complexity index is 1150. The lowest BCUT2D eigenvalue weighted by molar-refractivity contribution is 0.102. The molecule has 0 saturated heterocycles. The fourth-order valence-electron chi connectivity index (χ4n) is 2.99. The van der Waals surface area contributed by atoms with Gasteiger partial charge in [-0.15, -0.1) is 0 Å². The number of hydrogen-bond donors (Lipinski definition) is 2. The largest absolute Gasteiger partial charge is 0.497 e. The molecule has 0 aliphatic carbocycles. The number of carbonyl (C=O) groups excluding carboxylic acids is 1. The lowest BCUT2D eigenvalue weighted by Crippen LogP contribution is -2.16. The van der Waals surface area contributed by atoms with Crippen LogP contribution in [0.1, 0.15) is 16.1 Å². The monoisotopic (exact) mass is 400 g/mol. The molecule has 0 saturated carbocycles. The quantitative estimate of drug-likeness (QED) is 0.515. The van der Waals surface area contributed by atoms with Crippen LogP contribution in [0, 0.1) is 0 Å². The number of nitrogens with zero attached hydrogens (tertiary/aromatic N) is 3. The summed E-state index contributed by atoms with van der Waals surface area (Å²) in [5.41, 5.74) is 3.29. The Morgan fingerprint density at radius 1 is 1.10 bits per heavy atom. The Labute approximate surface area is 173 Å². The lowest BCUT2D eigenvalue weighted by Gasteiger charge is -2.08. The number of carbonyl (C=O) groups is 1. The van der Waals surface area contributed by atoms with Crippen molar-refractivity contribution in [2.24, 2.45) is 0 Å². The number of imidazole rings is 1. The summed E-state index contributed by atoms with van der Waals surface area (Å²) in [4.78, 5) is 21.5. The predicted octanol–water partition coefficient (Wildman–Crippen LogP) is 3.69. The number of aromatic nitrogens is 3. The smallest absolute Gasteiger partial charge is 0.276 e. The number of para-hydroxylation sites is 1. The van der Waals surface area contributed by atoms with Crippen LogP contribution in [0.2, 0.25) is 0 Å². The van der Waals surface area contributed by atoms with Gasteiger partial charge in [0.2, 0.25) is 5.95 Å². The van der Waals surface area contributed by atoms with Crippen LogP contribution >= 0.6 is 0 Å². The van der Waals surface area contributed by atoms with Gasteiger partial charge in [0, 0.05) is 23.6 Å². The van der Waals surface area contributed by atoms with E-state index in [0.29, 0.717) is 17.2 Å². The molecule has 2 aromatic heterocycles. The molecule has 0 unspecified atom stereocenters. The van der Waals surface area contributed by atoms with Gasteiger partial charge in [-0.25, -0.2) is 4.98 Å². The molecule has 7 heteroatoms. The summed E-state index contributed by atoms with van der Waals surface area (Å²) in [6.45, 7) is -0.128. The number of amides is 1. The van der Waals surface area contributed by atoms with E-state index in [1.807, 2.05) is 65.4 Å². The van der Waals surface area contributed by atoms with Crippen molar-refractivity contribution in [2.75, 3.05) is 12.4 Å². The average Bonchev–Trinajstić information content (AvgIpc) is 3.23. The number of methoxy groups -OCH3 is 1. The van der Waals surface area contributed by atoms with Crippen LogP contribution in [0.15, 0.2) is 79.1 Å². The van der Waals surface area contributed by atoms with E-state index < -0.39 is 0 Å². The number of hydrogen-bond acceptors (Lipinski definition) is 5. The third kappa shape index (κ3) is 4.06. The molecule has 0 aliphatic heterocycles. The summed E-state index contributed by atoms with van der Waals surface area (Å²) in [6, 6.07) is 20.4. The van der Waals surface area contributed by atoms with Crippen LogP contribution in [0.4, 0.5) is 5.95 Å². The van der Waals surface area contributed by atoms with E-state index in [9.17, 15) is 4.79 Å². The van der Waals surface area contributed by atoms with Crippen molar-refractivity contribution >= 4 is 11.9 Å². The van der Waals surface area contributed by atoms with Gasteiger partial charge in [0.1, 0.15) is 11.4 Å². The maximum Gasteiger partial charge on any atom is 0.276 e. The number of aliphatic hydroxyl groups excluding tert-OH is 1. The van der Waals surface area contributed by atoms with Gasteiger partial charge in [-0.3, -0.25) is 19.7 Å². The molecule has 0 fully saturated rings. The van der Waals surface area contributed by atoms with Crippen molar-refractivity contribution in [1.82, 2.24) is 14.5 Å². The molecule has 30 heavy (non-hydrogen) atoms. The van der Waals surface area contributed by atoms with E-state index in [-0.39, 0.29) is 18.2 Å². The van der Waals surface area contributed by atoms with Crippen molar-refractivity contribution < 1.29 is 14.6 Å². The van der Waals surface area contributed by atoms with Crippen molar-refractivity contribution in [3.05, 3.63) is 90.4 Å². The molecule has 4 aromatic rings. The number of rotatable bonds is 6. The van der Waals surface area contributed by atoms with Gasteiger partial charge in [-0.05, 0) is 35.9 Å². The van der Waals surface area contributed by atoms with Crippen LogP contribution in [0.25, 0.3) is 16.9 Å². The maximum atomic E-state index is 12.7. The number of aliphatic hydroxyl groups is 1. The first-order valence-electron chi connectivity index (χ1n) is 9.34. The third-order valence-corrected chi connectivity index (χ3v) is 4.57. The fraction of sp³-hybridized carbons (Fsp3) is 0.0870. The first-order chi connectivity index (χ1) is 14.7. The van der Waals surface area contributed by atoms with Gasteiger partial charge in [-0.1, -0.05) is 36.4 Å². The molecular formula is C23H20N4O3. The number of anilines is 1. The van der Waals surface area contributed by atoms with Gasteiger partial charge in [0.25, 0.3) is 5.91 Å². The standard InChI is InChI=1S/C23H20N4O3/c1-30-19-9-5-6-17(12-19)21-14-27(18-7-3-2-4-8-18)23(25-21)26-22(29)20-11-10-16(15-28)13-24-20/h2-14,28H,15H2,1H3,(H,25,26,29). The highest BCUT2D eigenvalue weighted by molar-refractivity contribution is 6.02. The molecule has 2 heterocycles. The van der Waals surface area contributed by atoms with Crippen molar-refractivity contribution in [1.29, 1.82) is 0 Å². The van der Waals surface area contributed by atoms with Crippen molar-refractivity contribution in [3.8, 4) is 22.7 Å². The molecular weight excluding hydrogens is 380 g/mol. The van der Waals surface area contributed by atoms with Crippen LogP contribution < -0.4 is 10.1 Å². The summed E-state index contributed by atoms with van der Waals surface area (Å²) in [7, 11) is 1.61. The highest BCUT2D eigenvalue weighted by Gasteiger charge is 2.16.